The largest absolute Gasteiger partial charge is 0.361 e. The van der Waals surface area contributed by atoms with E-state index in [1.807, 2.05) is 0 Å². The molecular weight excluding hydrogens is 334 g/mol. The van der Waals surface area contributed by atoms with Crippen LogP contribution in [0.15, 0.2) is 42.6 Å². The van der Waals surface area contributed by atoms with E-state index in [1.54, 1.807) is 12.3 Å². The van der Waals surface area contributed by atoms with Gasteiger partial charge in [-0.15, -0.1) is 0 Å². The Bertz CT molecular complexity index is 963. The molecule has 0 atom stereocenters. The van der Waals surface area contributed by atoms with Crippen LogP contribution in [0.4, 0.5) is 14.5 Å². The standard InChI is InChI=1S/C18H13ClF2N2O/c19-14-8-11(2-3-15(14)21)23-17(24)18(5-6-18)13-9-22-16-4-1-10(20)7-12(13)16/h1-4,7-9,22H,5-6H2,(H,23,24). The molecule has 1 aliphatic carbocycles. The number of carbonyl (C=O) groups excluding carboxylic acids is 1. The van der Waals surface area contributed by atoms with Gasteiger partial charge in [-0.3, -0.25) is 4.79 Å². The van der Waals surface area contributed by atoms with E-state index in [1.165, 1.54) is 30.3 Å². The smallest absolute Gasteiger partial charge is 0.235 e. The molecule has 122 valence electrons. The number of carbonyl (C=O) groups is 1. The molecule has 24 heavy (non-hydrogen) atoms. The maximum absolute atomic E-state index is 13.6. The predicted molar refractivity (Wildman–Crippen MR) is 89.2 cm³/mol. The van der Waals surface area contributed by atoms with E-state index in [2.05, 4.69) is 10.3 Å². The Morgan fingerprint density at radius 1 is 1.17 bits per heavy atom. The van der Waals surface area contributed by atoms with Crippen molar-refractivity contribution in [2.45, 2.75) is 18.3 Å². The highest BCUT2D eigenvalue weighted by molar-refractivity contribution is 6.31. The van der Waals surface area contributed by atoms with Crippen molar-refractivity contribution >= 4 is 34.1 Å². The van der Waals surface area contributed by atoms with Crippen molar-refractivity contribution in [3.05, 3.63) is 64.8 Å². The maximum atomic E-state index is 13.6. The summed E-state index contributed by atoms with van der Waals surface area (Å²) in [6.45, 7) is 0. The highest BCUT2D eigenvalue weighted by Crippen LogP contribution is 2.51. The fourth-order valence-electron chi connectivity index (χ4n) is 3.06. The second-order valence-corrected chi connectivity index (χ2v) is 6.46. The Labute approximate surface area is 141 Å². The lowest BCUT2D eigenvalue weighted by Crippen LogP contribution is -2.27. The summed E-state index contributed by atoms with van der Waals surface area (Å²) in [6.07, 6.45) is 3.11. The van der Waals surface area contributed by atoms with E-state index in [4.69, 9.17) is 11.6 Å². The minimum Gasteiger partial charge on any atom is -0.361 e. The van der Waals surface area contributed by atoms with Crippen LogP contribution in [0.1, 0.15) is 18.4 Å². The topological polar surface area (TPSA) is 44.9 Å². The Morgan fingerprint density at radius 2 is 1.96 bits per heavy atom. The van der Waals surface area contributed by atoms with Gasteiger partial charge >= 0.3 is 0 Å². The Hall–Kier alpha value is -2.40. The van der Waals surface area contributed by atoms with Gasteiger partial charge in [0.1, 0.15) is 11.6 Å². The number of rotatable bonds is 3. The van der Waals surface area contributed by atoms with Crippen molar-refractivity contribution in [1.82, 2.24) is 4.98 Å². The Balaban J connectivity index is 1.68. The number of aromatic amines is 1. The highest BCUT2D eigenvalue weighted by Gasteiger charge is 2.52. The molecule has 6 heteroatoms. The number of benzene rings is 2. The molecule has 0 saturated heterocycles. The molecule has 0 aliphatic heterocycles. The summed E-state index contributed by atoms with van der Waals surface area (Å²) >= 11 is 5.75. The van der Waals surface area contributed by atoms with Crippen LogP contribution in [-0.4, -0.2) is 10.9 Å². The second-order valence-electron chi connectivity index (χ2n) is 6.06. The van der Waals surface area contributed by atoms with Gasteiger partial charge in [-0.05, 0) is 54.8 Å². The molecule has 1 amide bonds. The molecule has 1 saturated carbocycles. The summed E-state index contributed by atoms with van der Waals surface area (Å²) in [6, 6.07) is 8.51. The van der Waals surface area contributed by atoms with Crippen molar-refractivity contribution < 1.29 is 13.6 Å². The molecule has 0 bridgehead atoms. The highest BCUT2D eigenvalue weighted by atomic mass is 35.5. The van der Waals surface area contributed by atoms with Crippen molar-refractivity contribution in [2.24, 2.45) is 0 Å². The summed E-state index contributed by atoms with van der Waals surface area (Å²) in [5.74, 6) is -1.08. The van der Waals surface area contributed by atoms with E-state index in [0.717, 1.165) is 11.1 Å². The monoisotopic (exact) mass is 346 g/mol. The Kier molecular flexibility index (Phi) is 3.35. The second kappa shape index (κ2) is 5.31. The number of fused-ring (bicyclic) bond motifs is 1. The van der Waals surface area contributed by atoms with E-state index in [9.17, 15) is 13.6 Å². The third-order valence-electron chi connectivity index (χ3n) is 4.52. The SMILES string of the molecule is O=C(Nc1ccc(F)c(Cl)c1)C1(c2c[nH]c3ccc(F)cc23)CC1. The maximum Gasteiger partial charge on any atom is 0.235 e. The number of anilines is 1. The van der Waals surface area contributed by atoms with Gasteiger partial charge < -0.3 is 10.3 Å². The lowest BCUT2D eigenvalue weighted by atomic mass is 9.94. The van der Waals surface area contributed by atoms with Crippen LogP contribution in [0.25, 0.3) is 10.9 Å². The molecule has 1 aliphatic rings. The third kappa shape index (κ3) is 2.36. The zero-order chi connectivity index (χ0) is 16.9. The van der Waals surface area contributed by atoms with E-state index < -0.39 is 11.2 Å². The number of H-pyrrole nitrogens is 1. The molecule has 2 N–H and O–H groups in total. The average Bonchev–Trinajstić information content (AvgIpc) is 3.25. The minimum absolute atomic E-state index is 0.0492. The van der Waals surface area contributed by atoms with Crippen molar-refractivity contribution in [1.29, 1.82) is 0 Å². The van der Waals surface area contributed by atoms with Gasteiger partial charge in [0.15, 0.2) is 0 Å². The quantitative estimate of drug-likeness (QED) is 0.705. The van der Waals surface area contributed by atoms with Crippen LogP contribution in [0, 0.1) is 11.6 Å². The molecule has 4 rings (SSSR count). The molecule has 1 aromatic heterocycles. The number of nitrogens with one attached hydrogen (secondary N) is 2. The molecule has 0 spiro atoms. The lowest BCUT2D eigenvalue weighted by molar-refractivity contribution is -0.118. The van der Waals surface area contributed by atoms with Gasteiger partial charge in [0.25, 0.3) is 0 Å². The predicted octanol–water partition coefficient (Wildman–Crippen LogP) is 4.77. The summed E-state index contributed by atoms with van der Waals surface area (Å²) in [4.78, 5) is 15.8. The van der Waals surface area contributed by atoms with Crippen LogP contribution < -0.4 is 5.32 Å². The van der Waals surface area contributed by atoms with Crippen LogP contribution in [0.3, 0.4) is 0 Å². The van der Waals surface area contributed by atoms with Crippen LogP contribution in [0.2, 0.25) is 5.02 Å². The van der Waals surface area contributed by atoms with Gasteiger partial charge in [0.2, 0.25) is 5.91 Å². The van der Waals surface area contributed by atoms with E-state index in [0.29, 0.717) is 23.9 Å². The fourth-order valence-corrected chi connectivity index (χ4v) is 3.24. The van der Waals surface area contributed by atoms with Crippen LogP contribution >= 0.6 is 11.6 Å². The number of halogens is 3. The summed E-state index contributed by atoms with van der Waals surface area (Å²) in [5.41, 5.74) is 1.31. The molecule has 0 unspecified atom stereocenters. The van der Waals surface area contributed by atoms with Gasteiger partial charge in [-0.2, -0.15) is 0 Å². The normalized spacial score (nSPS) is 15.5. The van der Waals surface area contributed by atoms with E-state index in [-0.39, 0.29) is 16.7 Å². The molecule has 3 aromatic rings. The van der Waals surface area contributed by atoms with Gasteiger partial charge in [-0.1, -0.05) is 11.6 Å². The first kappa shape index (κ1) is 15.1. The first-order valence-corrected chi connectivity index (χ1v) is 7.91. The average molecular weight is 347 g/mol. The molecule has 1 heterocycles. The summed E-state index contributed by atoms with van der Waals surface area (Å²) in [5, 5.41) is 3.44. The van der Waals surface area contributed by atoms with Gasteiger partial charge in [0, 0.05) is 22.8 Å². The molecule has 3 nitrogen and oxygen atoms in total. The number of hydrogen-bond acceptors (Lipinski definition) is 1. The van der Waals surface area contributed by atoms with Crippen molar-refractivity contribution in [2.75, 3.05) is 5.32 Å². The third-order valence-corrected chi connectivity index (χ3v) is 4.81. The first-order chi connectivity index (χ1) is 11.5. The number of hydrogen-bond donors (Lipinski definition) is 2. The number of amides is 1. The summed E-state index contributed by atoms with van der Waals surface area (Å²) in [7, 11) is 0. The molecule has 2 aromatic carbocycles. The van der Waals surface area contributed by atoms with Crippen molar-refractivity contribution in [3.8, 4) is 0 Å². The molecular formula is C18H13ClF2N2O. The zero-order valence-corrected chi connectivity index (χ0v) is 13.3. The van der Waals surface area contributed by atoms with Crippen LogP contribution in [-0.2, 0) is 10.2 Å². The Morgan fingerprint density at radius 3 is 2.67 bits per heavy atom. The fraction of sp³-hybridized carbons (Fsp3) is 0.167. The number of aromatic nitrogens is 1. The zero-order valence-electron chi connectivity index (χ0n) is 12.5. The van der Waals surface area contributed by atoms with E-state index >= 15 is 0 Å². The van der Waals surface area contributed by atoms with Gasteiger partial charge in [-0.25, -0.2) is 8.78 Å². The summed E-state index contributed by atoms with van der Waals surface area (Å²) < 4.78 is 26.8. The molecule has 0 radical (unpaired) electrons. The minimum atomic E-state index is -0.688. The molecule has 1 fully saturated rings. The van der Waals surface area contributed by atoms with Gasteiger partial charge in [0.05, 0.1) is 10.4 Å². The first-order valence-electron chi connectivity index (χ1n) is 7.53. The van der Waals surface area contributed by atoms with Crippen LogP contribution in [0.5, 0.6) is 0 Å². The lowest BCUT2D eigenvalue weighted by Gasteiger charge is -2.15. The van der Waals surface area contributed by atoms with Crippen molar-refractivity contribution in [3.63, 3.8) is 0 Å².